The van der Waals surface area contributed by atoms with Gasteiger partial charge in [0.15, 0.2) is 11.6 Å². The first kappa shape index (κ1) is 13.4. The molecule has 1 amide bonds. The molecule has 3 N–H and O–H groups in total. The van der Waals surface area contributed by atoms with Gasteiger partial charge in [0, 0.05) is 17.8 Å². The number of nitrogens with one attached hydrogen (secondary N) is 1. The fraction of sp³-hybridized carbons (Fsp3) is 0.417. The topological polar surface area (TPSA) is 55.1 Å². The Morgan fingerprint density at radius 1 is 1.24 bits per heavy atom. The molecule has 0 heterocycles. The highest BCUT2D eigenvalue weighted by Crippen LogP contribution is 2.17. The van der Waals surface area contributed by atoms with E-state index in [9.17, 15) is 13.6 Å². The third-order valence-corrected chi connectivity index (χ3v) is 2.70. The highest BCUT2D eigenvalue weighted by atomic mass is 19.2. The SMILES string of the molecule is CC(C)C(C)NC(=O)c1cc(F)c(F)cc1N. The zero-order chi connectivity index (χ0) is 13.2. The number of benzene rings is 1. The van der Waals surface area contributed by atoms with Crippen molar-refractivity contribution in [2.75, 3.05) is 5.73 Å². The maximum absolute atomic E-state index is 13.0. The molecule has 0 spiro atoms. The average molecular weight is 242 g/mol. The fourth-order valence-electron chi connectivity index (χ4n) is 1.21. The van der Waals surface area contributed by atoms with Gasteiger partial charge in [-0.2, -0.15) is 0 Å². The third-order valence-electron chi connectivity index (χ3n) is 2.70. The summed E-state index contributed by atoms with van der Waals surface area (Å²) in [6, 6.07) is 1.55. The number of rotatable bonds is 3. The lowest BCUT2D eigenvalue weighted by Gasteiger charge is -2.18. The molecule has 1 aromatic carbocycles. The summed E-state index contributed by atoms with van der Waals surface area (Å²) in [5, 5.41) is 2.68. The van der Waals surface area contributed by atoms with E-state index in [0.717, 1.165) is 12.1 Å². The van der Waals surface area contributed by atoms with Gasteiger partial charge in [-0.15, -0.1) is 0 Å². The van der Waals surface area contributed by atoms with E-state index in [4.69, 9.17) is 5.73 Å². The molecule has 5 heteroatoms. The van der Waals surface area contributed by atoms with Crippen LogP contribution in [0.25, 0.3) is 0 Å². The fourth-order valence-corrected chi connectivity index (χ4v) is 1.21. The molecule has 1 rings (SSSR count). The lowest BCUT2D eigenvalue weighted by molar-refractivity contribution is 0.0931. The van der Waals surface area contributed by atoms with E-state index in [2.05, 4.69) is 5.32 Å². The van der Waals surface area contributed by atoms with Crippen molar-refractivity contribution >= 4 is 11.6 Å². The van der Waals surface area contributed by atoms with Crippen molar-refractivity contribution in [3.8, 4) is 0 Å². The molecule has 0 aliphatic rings. The van der Waals surface area contributed by atoms with Gasteiger partial charge in [-0.3, -0.25) is 4.79 Å². The standard InChI is InChI=1S/C12H16F2N2O/c1-6(2)7(3)16-12(17)8-4-9(13)10(14)5-11(8)15/h4-7H,15H2,1-3H3,(H,16,17). The van der Waals surface area contributed by atoms with Crippen molar-refractivity contribution in [1.82, 2.24) is 5.32 Å². The van der Waals surface area contributed by atoms with Gasteiger partial charge in [0.1, 0.15) is 0 Å². The van der Waals surface area contributed by atoms with Crippen LogP contribution >= 0.6 is 0 Å². The zero-order valence-corrected chi connectivity index (χ0v) is 10.1. The zero-order valence-electron chi connectivity index (χ0n) is 10.1. The lowest BCUT2D eigenvalue weighted by atomic mass is 10.1. The molecule has 94 valence electrons. The molecule has 0 fully saturated rings. The molecule has 3 nitrogen and oxygen atoms in total. The van der Waals surface area contributed by atoms with E-state index in [1.807, 2.05) is 20.8 Å². The summed E-state index contributed by atoms with van der Waals surface area (Å²) in [4.78, 5) is 11.8. The predicted molar refractivity (Wildman–Crippen MR) is 62.5 cm³/mol. The molecular formula is C12H16F2N2O. The van der Waals surface area contributed by atoms with Crippen LogP contribution in [0.15, 0.2) is 12.1 Å². The van der Waals surface area contributed by atoms with Gasteiger partial charge in [0.05, 0.1) is 5.56 Å². The van der Waals surface area contributed by atoms with Gasteiger partial charge in [0.2, 0.25) is 0 Å². The Morgan fingerprint density at radius 2 is 1.76 bits per heavy atom. The molecular weight excluding hydrogens is 226 g/mol. The van der Waals surface area contributed by atoms with Crippen molar-refractivity contribution in [3.63, 3.8) is 0 Å². The highest BCUT2D eigenvalue weighted by Gasteiger charge is 2.17. The van der Waals surface area contributed by atoms with Crippen molar-refractivity contribution in [3.05, 3.63) is 29.3 Å². The first-order chi connectivity index (χ1) is 7.82. The Bertz CT molecular complexity index is 433. The Labute approximate surface area is 99.0 Å². The molecule has 0 radical (unpaired) electrons. The number of amides is 1. The van der Waals surface area contributed by atoms with Crippen LogP contribution in [0.1, 0.15) is 31.1 Å². The lowest BCUT2D eigenvalue weighted by Crippen LogP contribution is -2.36. The summed E-state index contributed by atoms with van der Waals surface area (Å²) in [7, 11) is 0. The normalized spacial score (nSPS) is 12.6. The Kier molecular flexibility index (Phi) is 4.04. The summed E-state index contributed by atoms with van der Waals surface area (Å²) >= 11 is 0. The second kappa shape index (κ2) is 5.12. The molecule has 0 saturated carbocycles. The minimum Gasteiger partial charge on any atom is -0.398 e. The summed E-state index contributed by atoms with van der Waals surface area (Å²) in [5.41, 5.74) is 5.36. The van der Waals surface area contributed by atoms with Crippen LogP contribution in [-0.2, 0) is 0 Å². The Morgan fingerprint density at radius 3 is 2.29 bits per heavy atom. The van der Waals surface area contributed by atoms with Gasteiger partial charge < -0.3 is 11.1 Å². The first-order valence-corrected chi connectivity index (χ1v) is 5.38. The predicted octanol–water partition coefficient (Wildman–Crippen LogP) is 2.32. The summed E-state index contributed by atoms with van der Waals surface area (Å²) in [6.07, 6.45) is 0. The maximum Gasteiger partial charge on any atom is 0.253 e. The Hall–Kier alpha value is -1.65. The number of anilines is 1. The Balaban J connectivity index is 2.93. The summed E-state index contributed by atoms with van der Waals surface area (Å²) in [5.74, 6) is -2.40. The van der Waals surface area contributed by atoms with Crippen LogP contribution < -0.4 is 11.1 Å². The maximum atomic E-state index is 13.0. The highest BCUT2D eigenvalue weighted by molar-refractivity contribution is 5.99. The molecule has 1 unspecified atom stereocenters. The smallest absolute Gasteiger partial charge is 0.253 e. The van der Waals surface area contributed by atoms with E-state index >= 15 is 0 Å². The van der Waals surface area contributed by atoms with Crippen LogP contribution in [-0.4, -0.2) is 11.9 Å². The van der Waals surface area contributed by atoms with Crippen LogP contribution in [0.3, 0.4) is 0 Å². The number of carbonyl (C=O) groups is 1. The van der Waals surface area contributed by atoms with Crippen LogP contribution in [0, 0.1) is 17.6 Å². The van der Waals surface area contributed by atoms with E-state index in [1.165, 1.54) is 0 Å². The molecule has 17 heavy (non-hydrogen) atoms. The second-order valence-electron chi connectivity index (χ2n) is 4.36. The third kappa shape index (κ3) is 3.15. The average Bonchev–Trinajstić information content (AvgIpc) is 2.22. The van der Waals surface area contributed by atoms with Crippen molar-refractivity contribution in [2.45, 2.75) is 26.8 Å². The number of halogens is 2. The van der Waals surface area contributed by atoms with Crippen molar-refractivity contribution in [2.24, 2.45) is 5.92 Å². The van der Waals surface area contributed by atoms with E-state index < -0.39 is 17.5 Å². The molecule has 0 aliphatic carbocycles. The first-order valence-electron chi connectivity index (χ1n) is 5.38. The number of hydrogen-bond donors (Lipinski definition) is 2. The summed E-state index contributed by atoms with van der Waals surface area (Å²) in [6.45, 7) is 5.72. The van der Waals surface area contributed by atoms with Crippen LogP contribution in [0.4, 0.5) is 14.5 Å². The van der Waals surface area contributed by atoms with Gasteiger partial charge in [0.25, 0.3) is 5.91 Å². The number of nitrogen functional groups attached to an aromatic ring is 1. The van der Waals surface area contributed by atoms with E-state index in [-0.39, 0.29) is 23.2 Å². The van der Waals surface area contributed by atoms with Crippen molar-refractivity contribution in [1.29, 1.82) is 0 Å². The molecule has 0 aromatic heterocycles. The quantitative estimate of drug-likeness (QED) is 0.799. The van der Waals surface area contributed by atoms with Gasteiger partial charge in [-0.05, 0) is 18.9 Å². The van der Waals surface area contributed by atoms with Crippen molar-refractivity contribution < 1.29 is 13.6 Å². The van der Waals surface area contributed by atoms with Gasteiger partial charge in [-0.1, -0.05) is 13.8 Å². The minimum atomic E-state index is -1.08. The summed E-state index contributed by atoms with van der Waals surface area (Å²) < 4.78 is 25.8. The van der Waals surface area contributed by atoms with Crippen LogP contribution in [0.2, 0.25) is 0 Å². The largest absolute Gasteiger partial charge is 0.398 e. The molecule has 0 saturated heterocycles. The molecule has 0 aliphatic heterocycles. The molecule has 1 atom stereocenters. The minimum absolute atomic E-state index is 0.0450. The van der Waals surface area contributed by atoms with E-state index in [1.54, 1.807) is 0 Å². The van der Waals surface area contributed by atoms with Gasteiger partial charge in [-0.25, -0.2) is 8.78 Å². The monoisotopic (exact) mass is 242 g/mol. The number of carbonyl (C=O) groups excluding carboxylic acids is 1. The van der Waals surface area contributed by atoms with Crippen LogP contribution in [0.5, 0.6) is 0 Å². The number of nitrogens with two attached hydrogens (primary N) is 1. The number of hydrogen-bond acceptors (Lipinski definition) is 2. The van der Waals surface area contributed by atoms with E-state index in [0.29, 0.717) is 0 Å². The van der Waals surface area contributed by atoms with Gasteiger partial charge >= 0.3 is 0 Å². The molecule has 1 aromatic rings. The second-order valence-corrected chi connectivity index (χ2v) is 4.36. The molecule has 0 bridgehead atoms.